The van der Waals surface area contributed by atoms with E-state index in [1.54, 1.807) is 0 Å². The molecule has 0 amide bonds. The largest absolute Gasteiger partial charge is 0.488 e. The Morgan fingerprint density at radius 3 is 3.05 bits per heavy atom. The Labute approximate surface area is 125 Å². The average molecular weight is 289 g/mol. The molecule has 21 heavy (non-hydrogen) atoms. The number of hydrogen-bond donors (Lipinski definition) is 1. The van der Waals surface area contributed by atoms with Gasteiger partial charge in [0.05, 0.1) is 0 Å². The Kier molecular flexibility index (Phi) is 3.89. The summed E-state index contributed by atoms with van der Waals surface area (Å²) in [4.78, 5) is 13.6. The number of fused-ring (bicyclic) bond motifs is 1. The number of hydrogen-bond acceptors (Lipinski definition) is 3. The molecule has 114 valence electrons. The first-order chi connectivity index (χ1) is 10.0. The molecule has 3 rings (SSSR count). The topological polar surface area (TPSA) is 49.8 Å². The van der Waals surface area contributed by atoms with Crippen LogP contribution < -0.4 is 4.74 Å². The van der Waals surface area contributed by atoms with Crippen molar-refractivity contribution in [1.82, 2.24) is 4.90 Å². The molecule has 4 nitrogen and oxygen atoms in total. The maximum Gasteiger partial charge on any atom is 0.321 e. The van der Waals surface area contributed by atoms with Gasteiger partial charge in [-0.3, -0.25) is 9.69 Å². The van der Waals surface area contributed by atoms with Crippen molar-refractivity contribution in [1.29, 1.82) is 0 Å². The Hall–Kier alpha value is -1.55. The van der Waals surface area contributed by atoms with E-state index in [2.05, 4.69) is 24.0 Å². The van der Waals surface area contributed by atoms with E-state index in [0.717, 1.165) is 31.6 Å². The van der Waals surface area contributed by atoms with E-state index in [1.807, 2.05) is 13.0 Å². The summed E-state index contributed by atoms with van der Waals surface area (Å²) in [5.41, 5.74) is 2.49. The van der Waals surface area contributed by atoms with Gasteiger partial charge >= 0.3 is 5.97 Å². The Bertz CT molecular complexity index is 543. The van der Waals surface area contributed by atoms with Gasteiger partial charge in [0.2, 0.25) is 0 Å². The molecule has 2 aliphatic rings. The number of carboxylic acid groups (broad SMARTS) is 1. The van der Waals surface area contributed by atoms with Crippen LogP contribution in [0.2, 0.25) is 0 Å². The number of nitrogens with zero attached hydrogens (tertiary/aromatic N) is 1. The van der Waals surface area contributed by atoms with Crippen molar-refractivity contribution in [3.63, 3.8) is 0 Å². The van der Waals surface area contributed by atoms with Crippen LogP contribution in [0.5, 0.6) is 5.75 Å². The third kappa shape index (κ3) is 2.91. The van der Waals surface area contributed by atoms with E-state index in [4.69, 9.17) is 4.74 Å². The number of aliphatic carboxylic acids is 1. The molecule has 2 heterocycles. The van der Waals surface area contributed by atoms with Crippen LogP contribution in [0.25, 0.3) is 0 Å². The maximum absolute atomic E-state index is 11.5. The molecular formula is C17H23NO3. The number of likely N-dealkylation sites (tertiary alicyclic amines) is 1. The van der Waals surface area contributed by atoms with Gasteiger partial charge in [-0.2, -0.15) is 0 Å². The van der Waals surface area contributed by atoms with Crippen LogP contribution in [-0.4, -0.2) is 41.2 Å². The van der Waals surface area contributed by atoms with Crippen LogP contribution in [0, 0.1) is 12.8 Å². The van der Waals surface area contributed by atoms with Gasteiger partial charge < -0.3 is 9.84 Å². The predicted octanol–water partition coefficient (Wildman–Crippen LogP) is 2.48. The molecule has 1 saturated heterocycles. The van der Waals surface area contributed by atoms with Crippen molar-refractivity contribution >= 4 is 5.97 Å². The highest BCUT2D eigenvalue weighted by molar-refractivity contribution is 5.74. The quantitative estimate of drug-likeness (QED) is 0.929. The minimum Gasteiger partial charge on any atom is -0.488 e. The highest BCUT2D eigenvalue weighted by Gasteiger charge is 2.36. The second-order valence-electron chi connectivity index (χ2n) is 6.45. The van der Waals surface area contributed by atoms with E-state index < -0.39 is 5.97 Å². The molecule has 1 aromatic carbocycles. The van der Waals surface area contributed by atoms with Crippen molar-refractivity contribution in [3.8, 4) is 5.75 Å². The van der Waals surface area contributed by atoms with Gasteiger partial charge in [0.25, 0.3) is 0 Å². The molecule has 1 fully saturated rings. The summed E-state index contributed by atoms with van der Waals surface area (Å²) in [6, 6.07) is 5.89. The van der Waals surface area contributed by atoms with E-state index in [0.29, 0.717) is 6.54 Å². The second kappa shape index (κ2) is 5.68. The second-order valence-corrected chi connectivity index (χ2v) is 6.45. The van der Waals surface area contributed by atoms with E-state index in [1.165, 1.54) is 11.1 Å². The zero-order chi connectivity index (χ0) is 15.0. The minimum atomic E-state index is -0.700. The van der Waals surface area contributed by atoms with E-state index in [-0.39, 0.29) is 18.1 Å². The van der Waals surface area contributed by atoms with Gasteiger partial charge in [-0.15, -0.1) is 0 Å². The van der Waals surface area contributed by atoms with Crippen LogP contribution >= 0.6 is 0 Å². The lowest BCUT2D eigenvalue weighted by atomic mass is 9.90. The maximum atomic E-state index is 11.5. The number of ether oxygens (including phenoxy) is 1. The van der Waals surface area contributed by atoms with Gasteiger partial charge in [-0.25, -0.2) is 0 Å². The number of carbonyl (C=O) groups is 1. The van der Waals surface area contributed by atoms with Crippen LogP contribution in [0.15, 0.2) is 18.2 Å². The highest BCUT2D eigenvalue weighted by atomic mass is 16.5. The Morgan fingerprint density at radius 2 is 2.29 bits per heavy atom. The van der Waals surface area contributed by atoms with Crippen molar-refractivity contribution in [2.75, 3.05) is 13.1 Å². The molecule has 1 aromatic rings. The number of aryl methyl sites for hydroxylation is 1. The normalized spacial score (nSPS) is 29.0. The van der Waals surface area contributed by atoms with Gasteiger partial charge in [-0.05, 0) is 43.9 Å². The molecule has 3 unspecified atom stereocenters. The molecule has 3 atom stereocenters. The van der Waals surface area contributed by atoms with Crippen molar-refractivity contribution in [3.05, 3.63) is 29.3 Å². The number of piperidine rings is 1. The molecule has 0 aliphatic carbocycles. The van der Waals surface area contributed by atoms with Crippen LogP contribution in [-0.2, 0) is 11.2 Å². The summed E-state index contributed by atoms with van der Waals surface area (Å²) >= 11 is 0. The van der Waals surface area contributed by atoms with Crippen molar-refractivity contribution in [2.45, 2.75) is 45.3 Å². The Morgan fingerprint density at radius 1 is 1.48 bits per heavy atom. The fourth-order valence-corrected chi connectivity index (χ4v) is 3.69. The molecule has 0 bridgehead atoms. The summed E-state index contributed by atoms with van der Waals surface area (Å²) in [6.45, 7) is 5.69. The molecule has 0 aromatic heterocycles. The lowest BCUT2D eigenvalue weighted by molar-refractivity contribution is -0.147. The standard InChI is InChI=1S/C17H23NO3/c1-11-5-6-15-13(8-11)9-14(21-15)10-18-7-3-4-12(2)16(18)17(19)20/h5-6,8,12,14,16H,3-4,7,9-10H2,1-2H3,(H,19,20). The Balaban J connectivity index is 1.68. The zero-order valence-electron chi connectivity index (χ0n) is 12.7. The third-order valence-corrected chi connectivity index (χ3v) is 4.69. The first-order valence-electron chi connectivity index (χ1n) is 7.77. The van der Waals surface area contributed by atoms with Gasteiger partial charge in [0.1, 0.15) is 17.9 Å². The number of carboxylic acids is 1. The van der Waals surface area contributed by atoms with Gasteiger partial charge in [0, 0.05) is 13.0 Å². The van der Waals surface area contributed by atoms with Crippen LogP contribution in [0.3, 0.4) is 0 Å². The molecule has 2 aliphatic heterocycles. The smallest absolute Gasteiger partial charge is 0.321 e. The van der Waals surface area contributed by atoms with Crippen LogP contribution in [0.1, 0.15) is 30.9 Å². The molecular weight excluding hydrogens is 266 g/mol. The lowest BCUT2D eigenvalue weighted by Gasteiger charge is -2.38. The molecule has 4 heteroatoms. The fraction of sp³-hybridized carbons (Fsp3) is 0.588. The summed E-state index contributed by atoms with van der Waals surface area (Å²) in [6.07, 6.45) is 3.03. The SMILES string of the molecule is Cc1ccc2c(c1)CC(CN1CCCC(C)C1C(=O)O)O2. The zero-order valence-corrected chi connectivity index (χ0v) is 12.7. The van der Waals surface area contributed by atoms with E-state index in [9.17, 15) is 9.90 Å². The van der Waals surface area contributed by atoms with Crippen LogP contribution in [0.4, 0.5) is 0 Å². The summed E-state index contributed by atoms with van der Waals surface area (Å²) in [5, 5.41) is 9.48. The monoisotopic (exact) mass is 289 g/mol. The van der Waals surface area contributed by atoms with Gasteiger partial charge in [0.15, 0.2) is 0 Å². The molecule has 1 N–H and O–H groups in total. The third-order valence-electron chi connectivity index (χ3n) is 4.69. The lowest BCUT2D eigenvalue weighted by Crippen LogP contribution is -2.52. The molecule has 0 saturated carbocycles. The van der Waals surface area contributed by atoms with Gasteiger partial charge in [-0.1, -0.05) is 24.6 Å². The first-order valence-corrected chi connectivity index (χ1v) is 7.77. The van der Waals surface area contributed by atoms with E-state index >= 15 is 0 Å². The minimum absolute atomic E-state index is 0.0777. The summed E-state index contributed by atoms with van der Waals surface area (Å²) in [5.74, 6) is 0.471. The average Bonchev–Trinajstić information content (AvgIpc) is 2.79. The molecule has 0 spiro atoms. The number of rotatable bonds is 3. The molecule has 0 radical (unpaired) electrons. The number of benzene rings is 1. The van der Waals surface area contributed by atoms with Crippen molar-refractivity contribution in [2.24, 2.45) is 5.92 Å². The highest BCUT2D eigenvalue weighted by Crippen LogP contribution is 2.31. The first kappa shape index (κ1) is 14.4. The summed E-state index contributed by atoms with van der Waals surface area (Å²) < 4.78 is 5.99. The predicted molar refractivity (Wildman–Crippen MR) is 80.7 cm³/mol. The summed E-state index contributed by atoms with van der Waals surface area (Å²) in [7, 11) is 0. The fourth-order valence-electron chi connectivity index (χ4n) is 3.69. The van der Waals surface area contributed by atoms with Crippen molar-refractivity contribution < 1.29 is 14.6 Å².